The van der Waals surface area contributed by atoms with Crippen molar-refractivity contribution in [1.29, 1.82) is 0 Å². The minimum Gasteiger partial charge on any atom is -0.493 e. The fourth-order valence-corrected chi connectivity index (χ4v) is 4.05. The van der Waals surface area contributed by atoms with E-state index in [2.05, 4.69) is 5.32 Å². The van der Waals surface area contributed by atoms with Gasteiger partial charge in [-0.05, 0) is 48.8 Å². The summed E-state index contributed by atoms with van der Waals surface area (Å²) in [5.74, 6) is 0.901. The first-order valence-electron chi connectivity index (χ1n) is 8.33. The summed E-state index contributed by atoms with van der Waals surface area (Å²) in [5.41, 5.74) is 1.20. The second-order valence-corrected chi connectivity index (χ2v) is 6.99. The van der Waals surface area contributed by atoms with Gasteiger partial charge in [0.1, 0.15) is 5.70 Å². The first kappa shape index (κ1) is 18.0. The first-order chi connectivity index (χ1) is 12.0. The van der Waals surface area contributed by atoms with Crippen molar-refractivity contribution in [1.82, 2.24) is 10.2 Å². The third kappa shape index (κ3) is 3.60. The topological polar surface area (TPSA) is 50.8 Å². The Hall–Kier alpha value is -1.79. The molecular formula is C18H21ClN2O3S. The number of benzene rings is 1. The molecule has 0 radical (unpaired) electrons. The highest BCUT2D eigenvalue weighted by Gasteiger charge is 2.36. The SMILES string of the molecule is COc1cc(/C=C2\NC(=S)N(C3CCCCC3)C2=O)cc(Cl)c1OC. The van der Waals surface area contributed by atoms with Gasteiger partial charge in [0.05, 0.1) is 19.2 Å². The number of carbonyl (C=O) groups excluding carboxylic acids is 1. The largest absolute Gasteiger partial charge is 0.493 e. The van der Waals surface area contributed by atoms with Crippen LogP contribution in [-0.2, 0) is 4.79 Å². The smallest absolute Gasteiger partial charge is 0.276 e. The molecule has 2 fully saturated rings. The molecule has 1 aromatic rings. The van der Waals surface area contributed by atoms with Gasteiger partial charge in [-0.15, -0.1) is 0 Å². The lowest BCUT2D eigenvalue weighted by atomic mass is 9.94. The van der Waals surface area contributed by atoms with E-state index in [9.17, 15) is 4.79 Å². The molecule has 0 spiro atoms. The van der Waals surface area contributed by atoms with Crippen LogP contribution in [0.4, 0.5) is 0 Å². The van der Waals surface area contributed by atoms with Crippen molar-refractivity contribution in [3.8, 4) is 11.5 Å². The number of hydrogen-bond donors (Lipinski definition) is 1. The highest BCUT2D eigenvalue weighted by Crippen LogP contribution is 2.37. The van der Waals surface area contributed by atoms with Crippen molar-refractivity contribution in [2.45, 2.75) is 38.1 Å². The molecule has 1 saturated carbocycles. The third-order valence-corrected chi connectivity index (χ3v) is 5.20. The monoisotopic (exact) mass is 380 g/mol. The van der Waals surface area contributed by atoms with Gasteiger partial charge in [-0.2, -0.15) is 0 Å². The summed E-state index contributed by atoms with van der Waals surface area (Å²) < 4.78 is 10.5. The predicted octanol–water partition coefficient (Wildman–Crippen LogP) is 3.75. The number of halogens is 1. The van der Waals surface area contributed by atoms with Crippen molar-refractivity contribution >= 4 is 40.9 Å². The van der Waals surface area contributed by atoms with Crippen LogP contribution in [0.1, 0.15) is 37.7 Å². The fraction of sp³-hybridized carbons (Fsp3) is 0.444. The summed E-state index contributed by atoms with van der Waals surface area (Å²) in [4.78, 5) is 14.5. The number of amides is 1. The molecule has 0 atom stereocenters. The van der Waals surface area contributed by atoms with Gasteiger partial charge in [0.15, 0.2) is 16.6 Å². The number of hydrogen-bond acceptors (Lipinski definition) is 4. The minimum atomic E-state index is -0.0807. The van der Waals surface area contributed by atoms with Crippen LogP contribution in [0.5, 0.6) is 11.5 Å². The molecule has 1 aromatic carbocycles. The van der Waals surface area contributed by atoms with Crippen molar-refractivity contribution in [3.63, 3.8) is 0 Å². The van der Waals surface area contributed by atoms with Gasteiger partial charge in [-0.3, -0.25) is 9.69 Å². The molecule has 25 heavy (non-hydrogen) atoms. The predicted molar refractivity (Wildman–Crippen MR) is 102 cm³/mol. The summed E-state index contributed by atoms with van der Waals surface area (Å²) in [6.07, 6.45) is 7.26. The van der Waals surface area contributed by atoms with Crippen LogP contribution in [0.3, 0.4) is 0 Å². The maximum absolute atomic E-state index is 12.8. The van der Waals surface area contributed by atoms with Crippen LogP contribution in [-0.4, -0.2) is 36.2 Å². The van der Waals surface area contributed by atoms with Gasteiger partial charge in [0, 0.05) is 6.04 Å². The molecule has 0 bridgehead atoms. The van der Waals surface area contributed by atoms with E-state index >= 15 is 0 Å². The Morgan fingerprint density at radius 2 is 1.96 bits per heavy atom. The maximum Gasteiger partial charge on any atom is 0.276 e. The average molecular weight is 381 g/mol. The number of ether oxygens (including phenoxy) is 2. The second-order valence-electron chi connectivity index (χ2n) is 6.19. The summed E-state index contributed by atoms with van der Waals surface area (Å²) in [5, 5.41) is 3.94. The van der Waals surface area contributed by atoms with Gasteiger partial charge in [0.25, 0.3) is 5.91 Å². The van der Waals surface area contributed by atoms with Crippen LogP contribution in [0, 0.1) is 0 Å². The lowest BCUT2D eigenvalue weighted by molar-refractivity contribution is -0.124. The van der Waals surface area contributed by atoms with E-state index in [4.69, 9.17) is 33.3 Å². The molecule has 1 aliphatic heterocycles. The summed E-state index contributed by atoms with van der Waals surface area (Å²) in [7, 11) is 3.08. The van der Waals surface area contributed by atoms with Crippen LogP contribution in [0.2, 0.25) is 5.02 Å². The maximum atomic E-state index is 12.8. The van der Waals surface area contributed by atoms with Crippen LogP contribution in [0.25, 0.3) is 6.08 Å². The molecule has 1 heterocycles. The number of nitrogens with zero attached hydrogens (tertiary/aromatic N) is 1. The van der Waals surface area contributed by atoms with Crippen LogP contribution < -0.4 is 14.8 Å². The van der Waals surface area contributed by atoms with E-state index in [0.29, 0.717) is 27.3 Å². The lowest BCUT2D eigenvalue weighted by Crippen LogP contribution is -2.41. The van der Waals surface area contributed by atoms with Crippen molar-refractivity contribution in [3.05, 3.63) is 28.4 Å². The molecule has 1 amide bonds. The Kier molecular flexibility index (Phi) is 5.49. The minimum absolute atomic E-state index is 0.0807. The lowest BCUT2D eigenvalue weighted by Gasteiger charge is -2.29. The fourth-order valence-electron chi connectivity index (χ4n) is 3.41. The van der Waals surface area contributed by atoms with E-state index in [1.165, 1.54) is 13.5 Å². The van der Waals surface area contributed by atoms with E-state index in [1.807, 2.05) is 0 Å². The highest BCUT2D eigenvalue weighted by atomic mass is 35.5. The van der Waals surface area contributed by atoms with Gasteiger partial charge < -0.3 is 14.8 Å². The third-order valence-electron chi connectivity index (χ3n) is 4.62. The van der Waals surface area contributed by atoms with E-state index in [1.54, 1.807) is 30.2 Å². The van der Waals surface area contributed by atoms with E-state index < -0.39 is 0 Å². The molecule has 134 valence electrons. The van der Waals surface area contributed by atoms with Crippen molar-refractivity contribution in [2.75, 3.05) is 14.2 Å². The Morgan fingerprint density at radius 1 is 1.24 bits per heavy atom. The Labute approximate surface area is 157 Å². The Balaban J connectivity index is 1.88. The van der Waals surface area contributed by atoms with Crippen LogP contribution >= 0.6 is 23.8 Å². The summed E-state index contributed by atoms with van der Waals surface area (Å²) in [6.45, 7) is 0. The standard InChI is InChI=1S/C18H21ClN2O3S/c1-23-15-10-11(8-13(19)16(15)24-2)9-14-17(22)21(18(25)20-14)12-6-4-3-5-7-12/h8-10,12H,3-7H2,1-2H3,(H,20,25)/b14-9-. The Morgan fingerprint density at radius 3 is 2.60 bits per heavy atom. The molecular weight excluding hydrogens is 360 g/mol. The molecule has 1 N–H and O–H groups in total. The highest BCUT2D eigenvalue weighted by molar-refractivity contribution is 7.80. The van der Waals surface area contributed by atoms with Gasteiger partial charge in [0.2, 0.25) is 0 Å². The molecule has 0 aromatic heterocycles. The van der Waals surface area contributed by atoms with Gasteiger partial charge >= 0.3 is 0 Å². The normalized spacial score (nSPS) is 20.1. The molecule has 1 aliphatic carbocycles. The summed E-state index contributed by atoms with van der Waals surface area (Å²) in [6, 6.07) is 3.71. The average Bonchev–Trinajstić information content (AvgIpc) is 2.88. The van der Waals surface area contributed by atoms with Crippen LogP contribution in [0.15, 0.2) is 17.8 Å². The zero-order valence-corrected chi connectivity index (χ0v) is 15.9. The molecule has 5 nitrogen and oxygen atoms in total. The molecule has 7 heteroatoms. The molecule has 0 unspecified atom stereocenters. The van der Waals surface area contributed by atoms with Crippen molar-refractivity contribution in [2.24, 2.45) is 0 Å². The number of carbonyl (C=O) groups is 1. The number of rotatable bonds is 4. The van der Waals surface area contributed by atoms with Gasteiger partial charge in [-0.25, -0.2) is 0 Å². The van der Waals surface area contributed by atoms with E-state index in [0.717, 1.165) is 31.2 Å². The Bertz CT molecular complexity index is 729. The first-order valence-corrected chi connectivity index (χ1v) is 9.11. The van der Waals surface area contributed by atoms with E-state index in [-0.39, 0.29) is 11.9 Å². The zero-order chi connectivity index (χ0) is 18.0. The quantitative estimate of drug-likeness (QED) is 0.636. The second kappa shape index (κ2) is 7.62. The molecule has 1 saturated heterocycles. The number of thiocarbonyl (C=S) groups is 1. The molecule has 2 aliphatic rings. The number of methoxy groups -OCH3 is 2. The van der Waals surface area contributed by atoms with Gasteiger partial charge in [-0.1, -0.05) is 30.9 Å². The summed E-state index contributed by atoms with van der Waals surface area (Å²) >= 11 is 11.6. The zero-order valence-electron chi connectivity index (χ0n) is 14.3. The number of nitrogens with one attached hydrogen (secondary N) is 1. The van der Waals surface area contributed by atoms with Crippen molar-refractivity contribution < 1.29 is 14.3 Å². The molecule has 3 rings (SSSR count).